The van der Waals surface area contributed by atoms with Crippen molar-refractivity contribution in [1.82, 2.24) is 4.90 Å². The van der Waals surface area contributed by atoms with Crippen LogP contribution in [0.15, 0.2) is 18.2 Å². The Bertz CT molecular complexity index is 469. The van der Waals surface area contributed by atoms with Gasteiger partial charge in [0.25, 0.3) is 0 Å². The maximum Gasteiger partial charge on any atom is 0.305 e. The third-order valence-electron chi connectivity index (χ3n) is 3.13. The average molecular weight is 288 g/mol. The van der Waals surface area contributed by atoms with Crippen molar-refractivity contribution in [2.75, 3.05) is 19.8 Å². The van der Waals surface area contributed by atoms with E-state index in [4.69, 9.17) is 21.4 Å². The van der Waals surface area contributed by atoms with Gasteiger partial charge >= 0.3 is 5.97 Å². The van der Waals surface area contributed by atoms with Crippen LogP contribution in [0.3, 0.4) is 0 Å². The molecule has 1 N–H and O–H groups in total. The predicted molar refractivity (Wildman–Crippen MR) is 68.7 cm³/mol. The first-order valence-corrected chi connectivity index (χ1v) is 6.41. The summed E-state index contributed by atoms with van der Waals surface area (Å²) in [5, 5.41) is 8.96. The van der Waals surface area contributed by atoms with Gasteiger partial charge in [-0.25, -0.2) is 4.39 Å². The molecule has 19 heavy (non-hydrogen) atoms. The summed E-state index contributed by atoms with van der Waals surface area (Å²) in [4.78, 5) is 12.8. The molecule has 2 rings (SSSR count). The molecule has 4 nitrogen and oxygen atoms in total. The summed E-state index contributed by atoms with van der Waals surface area (Å²) in [6, 6.07) is 4.40. The van der Waals surface area contributed by atoms with Crippen molar-refractivity contribution in [3.63, 3.8) is 0 Å². The molecular formula is C13H15ClFNO3. The molecule has 0 aliphatic carbocycles. The number of carboxylic acid groups (broad SMARTS) is 1. The molecule has 0 aromatic heterocycles. The van der Waals surface area contributed by atoms with Crippen molar-refractivity contribution < 1.29 is 19.0 Å². The number of ether oxygens (including phenoxy) is 1. The fourth-order valence-corrected chi connectivity index (χ4v) is 2.36. The second-order valence-corrected chi connectivity index (χ2v) is 4.95. The second-order valence-electron chi connectivity index (χ2n) is 4.55. The van der Waals surface area contributed by atoms with Crippen LogP contribution >= 0.6 is 11.6 Å². The quantitative estimate of drug-likeness (QED) is 0.922. The van der Waals surface area contributed by atoms with Gasteiger partial charge in [-0.3, -0.25) is 9.69 Å². The molecule has 1 atom stereocenters. The Kier molecular flexibility index (Phi) is 4.74. The van der Waals surface area contributed by atoms with Gasteiger partial charge in [-0.2, -0.15) is 0 Å². The number of benzene rings is 1. The van der Waals surface area contributed by atoms with Gasteiger partial charge < -0.3 is 9.84 Å². The zero-order valence-corrected chi connectivity index (χ0v) is 11.1. The first kappa shape index (κ1) is 14.2. The summed E-state index contributed by atoms with van der Waals surface area (Å²) in [5.41, 5.74) is 0.865. The monoisotopic (exact) mass is 287 g/mol. The largest absolute Gasteiger partial charge is 0.481 e. The van der Waals surface area contributed by atoms with Crippen molar-refractivity contribution in [2.45, 2.75) is 19.0 Å². The van der Waals surface area contributed by atoms with E-state index in [0.717, 1.165) is 5.56 Å². The van der Waals surface area contributed by atoms with Crippen LogP contribution in [0, 0.1) is 5.82 Å². The number of morpholine rings is 1. The molecule has 1 aromatic rings. The number of hydrogen-bond donors (Lipinski definition) is 1. The highest BCUT2D eigenvalue weighted by atomic mass is 35.5. The van der Waals surface area contributed by atoms with Crippen LogP contribution in [0.5, 0.6) is 0 Å². The van der Waals surface area contributed by atoms with E-state index in [2.05, 4.69) is 0 Å². The lowest BCUT2D eigenvalue weighted by molar-refractivity contribution is -0.140. The number of rotatable bonds is 4. The molecule has 1 heterocycles. The molecule has 0 spiro atoms. The van der Waals surface area contributed by atoms with Gasteiger partial charge in [-0.15, -0.1) is 0 Å². The number of aliphatic carboxylic acids is 1. The minimum absolute atomic E-state index is 0.0366. The summed E-state index contributed by atoms with van der Waals surface area (Å²) in [7, 11) is 0. The number of nitrogens with zero attached hydrogens (tertiary/aromatic N) is 1. The van der Waals surface area contributed by atoms with E-state index in [9.17, 15) is 9.18 Å². The molecular weight excluding hydrogens is 273 g/mol. The third kappa shape index (κ3) is 3.89. The summed E-state index contributed by atoms with van der Waals surface area (Å²) < 4.78 is 18.4. The van der Waals surface area contributed by atoms with Gasteiger partial charge in [-0.05, 0) is 17.7 Å². The van der Waals surface area contributed by atoms with E-state index in [-0.39, 0.29) is 17.5 Å². The van der Waals surface area contributed by atoms with Gasteiger partial charge in [0.15, 0.2) is 0 Å². The SMILES string of the molecule is O=C(O)C[C@@H]1COCCN1Cc1ccc(F)c(Cl)c1. The van der Waals surface area contributed by atoms with E-state index in [1.165, 1.54) is 6.07 Å². The van der Waals surface area contributed by atoms with Gasteiger partial charge in [0.2, 0.25) is 0 Å². The van der Waals surface area contributed by atoms with Crippen LogP contribution in [0.4, 0.5) is 4.39 Å². The lowest BCUT2D eigenvalue weighted by Gasteiger charge is -2.34. The summed E-state index contributed by atoms with van der Waals surface area (Å²) >= 11 is 5.74. The minimum Gasteiger partial charge on any atom is -0.481 e. The molecule has 6 heteroatoms. The molecule has 0 saturated carbocycles. The van der Waals surface area contributed by atoms with Crippen molar-refractivity contribution >= 4 is 17.6 Å². The Morgan fingerprint density at radius 1 is 1.58 bits per heavy atom. The van der Waals surface area contributed by atoms with E-state index in [1.54, 1.807) is 12.1 Å². The Morgan fingerprint density at radius 2 is 2.37 bits per heavy atom. The lowest BCUT2D eigenvalue weighted by Crippen LogP contribution is -2.45. The molecule has 1 aliphatic rings. The Labute approximate surface area is 115 Å². The first-order valence-electron chi connectivity index (χ1n) is 6.04. The number of carboxylic acids is 1. The highest BCUT2D eigenvalue weighted by Gasteiger charge is 2.25. The van der Waals surface area contributed by atoms with Crippen LogP contribution in [-0.4, -0.2) is 41.8 Å². The van der Waals surface area contributed by atoms with Crippen LogP contribution in [0.25, 0.3) is 0 Å². The zero-order chi connectivity index (χ0) is 13.8. The Hall–Kier alpha value is -1.17. The molecule has 1 fully saturated rings. The van der Waals surface area contributed by atoms with Crippen molar-refractivity contribution in [1.29, 1.82) is 0 Å². The van der Waals surface area contributed by atoms with Gasteiger partial charge in [-0.1, -0.05) is 17.7 Å². The van der Waals surface area contributed by atoms with E-state index in [1.807, 2.05) is 4.90 Å². The van der Waals surface area contributed by atoms with Crippen molar-refractivity contribution in [3.8, 4) is 0 Å². The second kappa shape index (κ2) is 6.32. The van der Waals surface area contributed by atoms with E-state index >= 15 is 0 Å². The Balaban J connectivity index is 2.06. The summed E-state index contributed by atoms with van der Waals surface area (Å²) in [5.74, 6) is -1.30. The summed E-state index contributed by atoms with van der Waals surface area (Å²) in [6.45, 7) is 2.18. The van der Waals surface area contributed by atoms with Crippen molar-refractivity contribution in [3.05, 3.63) is 34.6 Å². The Morgan fingerprint density at radius 3 is 3.05 bits per heavy atom. The summed E-state index contributed by atoms with van der Waals surface area (Å²) in [6.07, 6.45) is 0.0366. The number of hydrogen-bond acceptors (Lipinski definition) is 3. The molecule has 0 amide bonds. The maximum atomic E-state index is 13.1. The van der Waals surface area contributed by atoms with Gasteiger partial charge in [0.1, 0.15) is 5.82 Å². The van der Waals surface area contributed by atoms with Crippen LogP contribution < -0.4 is 0 Å². The lowest BCUT2D eigenvalue weighted by atomic mass is 10.1. The van der Waals surface area contributed by atoms with Gasteiger partial charge in [0, 0.05) is 19.1 Å². The number of halogens is 2. The minimum atomic E-state index is -0.849. The molecule has 0 bridgehead atoms. The van der Waals surface area contributed by atoms with Crippen LogP contribution in [0.2, 0.25) is 5.02 Å². The molecule has 0 radical (unpaired) electrons. The van der Waals surface area contributed by atoms with E-state index < -0.39 is 11.8 Å². The topological polar surface area (TPSA) is 49.8 Å². The predicted octanol–water partition coefficient (Wildman–Crippen LogP) is 2.15. The molecule has 104 valence electrons. The van der Waals surface area contributed by atoms with Crippen LogP contribution in [0.1, 0.15) is 12.0 Å². The highest BCUT2D eigenvalue weighted by molar-refractivity contribution is 6.30. The highest BCUT2D eigenvalue weighted by Crippen LogP contribution is 2.20. The maximum absolute atomic E-state index is 13.1. The molecule has 1 aromatic carbocycles. The fraction of sp³-hybridized carbons (Fsp3) is 0.462. The standard InChI is InChI=1S/C13H15ClFNO3/c14-11-5-9(1-2-12(11)15)7-16-3-4-19-8-10(16)6-13(17)18/h1-2,5,10H,3-4,6-8H2,(H,17,18)/t10-/m1/s1. The molecule has 0 unspecified atom stereocenters. The molecule has 1 saturated heterocycles. The third-order valence-corrected chi connectivity index (χ3v) is 3.42. The van der Waals surface area contributed by atoms with Gasteiger partial charge in [0.05, 0.1) is 24.7 Å². The smallest absolute Gasteiger partial charge is 0.305 e. The van der Waals surface area contributed by atoms with Crippen molar-refractivity contribution in [2.24, 2.45) is 0 Å². The average Bonchev–Trinajstić information content (AvgIpc) is 2.36. The normalized spacial score (nSPS) is 20.4. The number of carbonyl (C=O) groups is 1. The van der Waals surface area contributed by atoms with Crippen LogP contribution in [-0.2, 0) is 16.1 Å². The zero-order valence-electron chi connectivity index (χ0n) is 10.3. The van der Waals surface area contributed by atoms with E-state index in [0.29, 0.717) is 26.3 Å². The first-order chi connectivity index (χ1) is 9.06. The molecule has 1 aliphatic heterocycles. The fourth-order valence-electron chi connectivity index (χ4n) is 2.16.